The number of hydrogen-bond donors (Lipinski definition) is 3. The SMILES string of the molecule is C[C@@H]1CN(N)C(=O)NN1. The van der Waals surface area contributed by atoms with Crippen LogP contribution in [0.2, 0.25) is 0 Å². The monoisotopic (exact) mass is 130 g/mol. The number of urea groups is 1. The Morgan fingerprint density at radius 2 is 2.56 bits per heavy atom. The molecule has 0 spiro atoms. The van der Waals surface area contributed by atoms with Gasteiger partial charge in [0.15, 0.2) is 0 Å². The van der Waals surface area contributed by atoms with Gasteiger partial charge < -0.3 is 0 Å². The summed E-state index contributed by atoms with van der Waals surface area (Å²) < 4.78 is 0. The van der Waals surface area contributed by atoms with Crippen LogP contribution in [0.25, 0.3) is 0 Å². The molecular formula is C4H10N4O. The van der Waals surface area contributed by atoms with Gasteiger partial charge in [0, 0.05) is 6.04 Å². The van der Waals surface area contributed by atoms with Crippen LogP contribution in [0.15, 0.2) is 0 Å². The second-order valence-corrected chi connectivity index (χ2v) is 2.13. The Balaban J connectivity index is 2.44. The van der Waals surface area contributed by atoms with Gasteiger partial charge >= 0.3 is 6.03 Å². The smallest absolute Gasteiger partial charge is 0.272 e. The minimum Gasteiger partial charge on any atom is -0.272 e. The van der Waals surface area contributed by atoms with Gasteiger partial charge in [0.25, 0.3) is 0 Å². The first-order valence-corrected chi connectivity index (χ1v) is 2.78. The average Bonchev–Trinajstić information content (AvgIpc) is 1.80. The third kappa shape index (κ3) is 1.30. The van der Waals surface area contributed by atoms with E-state index in [2.05, 4.69) is 10.9 Å². The van der Waals surface area contributed by atoms with E-state index in [0.29, 0.717) is 6.54 Å². The molecule has 2 amide bonds. The molecule has 0 aliphatic carbocycles. The van der Waals surface area contributed by atoms with Crippen molar-refractivity contribution in [1.82, 2.24) is 15.9 Å². The Morgan fingerprint density at radius 1 is 1.89 bits per heavy atom. The number of rotatable bonds is 0. The van der Waals surface area contributed by atoms with E-state index in [9.17, 15) is 4.79 Å². The zero-order chi connectivity index (χ0) is 6.85. The van der Waals surface area contributed by atoms with Gasteiger partial charge in [-0.25, -0.2) is 16.1 Å². The normalized spacial score (nSPS) is 28.0. The fourth-order valence-electron chi connectivity index (χ4n) is 0.680. The van der Waals surface area contributed by atoms with Crippen molar-refractivity contribution in [2.24, 2.45) is 5.84 Å². The van der Waals surface area contributed by atoms with Gasteiger partial charge in [-0.2, -0.15) is 0 Å². The minimum atomic E-state index is -0.284. The van der Waals surface area contributed by atoms with E-state index in [0.717, 1.165) is 5.01 Å². The highest BCUT2D eigenvalue weighted by Crippen LogP contribution is 1.89. The summed E-state index contributed by atoms with van der Waals surface area (Å²) in [6.07, 6.45) is 0. The molecule has 1 rings (SSSR count). The molecule has 5 nitrogen and oxygen atoms in total. The van der Waals surface area contributed by atoms with E-state index >= 15 is 0 Å². The number of carbonyl (C=O) groups excluding carboxylic acids is 1. The van der Waals surface area contributed by atoms with Gasteiger partial charge in [0.2, 0.25) is 0 Å². The lowest BCUT2D eigenvalue weighted by atomic mass is 10.3. The van der Waals surface area contributed by atoms with Crippen LogP contribution in [0.5, 0.6) is 0 Å². The molecule has 0 saturated carbocycles. The molecule has 1 aliphatic rings. The lowest BCUT2D eigenvalue weighted by molar-refractivity contribution is 0.165. The first kappa shape index (κ1) is 6.31. The Labute approximate surface area is 53.1 Å². The number of nitrogens with one attached hydrogen (secondary N) is 2. The Hall–Kier alpha value is -0.810. The highest BCUT2D eigenvalue weighted by molar-refractivity contribution is 5.73. The van der Waals surface area contributed by atoms with Crippen molar-refractivity contribution in [1.29, 1.82) is 0 Å². The van der Waals surface area contributed by atoms with Crippen molar-refractivity contribution in [3.8, 4) is 0 Å². The lowest BCUT2D eigenvalue weighted by Gasteiger charge is -2.28. The molecule has 0 aromatic heterocycles. The maximum absolute atomic E-state index is 10.6. The van der Waals surface area contributed by atoms with Crippen LogP contribution in [0.4, 0.5) is 4.79 Å². The van der Waals surface area contributed by atoms with E-state index in [1.165, 1.54) is 0 Å². The number of nitrogens with two attached hydrogens (primary N) is 1. The van der Waals surface area contributed by atoms with Gasteiger partial charge in [0.05, 0.1) is 6.54 Å². The standard InChI is InChI=1S/C4H10N4O/c1-3-2-8(5)4(9)7-6-3/h3,6H,2,5H2,1H3,(H,7,9)/t3-/m1/s1. The van der Waals surface area contributed by atoms with Crippen molar-refractivity contribution in [3.63, 3.8) is 0 Å². The van der Waals surface area contributed by atoms with Crippen molar-refractivity contribution >= 4 is 6.03 Å². The third-order valence-corrected chi connectivity index (χ3v) is 1.16. The molecule has 1 heterocycles. The first-order valence-electron chi connectivity index (χ1n) is 2.78. The molecule has 0 aromatic carbocycles. The largest absolute Gasteiger partial charge is 0.345 e. The Kier molecular flexibility index (Phi) is 1.54. The summed E-state index contributed by atoms with van der Waals surface area (Å²) in [6, 6.07) is -0.0687. The van der Waals surface area contributed by atoms with Crippen molar-refractivity contribution in [3.05, 3.63) is 0 Å². The predicted octanol–water partition coefficient (Wildman–Crippen LogP) is -1.22. The summed E-state index contributed by atoms with van der Waals surface area (Å²) in [5.74, 6) is 5.25. The Bertz CT molecular complexity index is 126. The predicted molar refractivity (Wildman–Crippen MR) is 32.0 cm³/mol. The molecule has 9 heavy (non-hydrogen) atoms. The average molecular weight is 130 g/mol. The van der Waals surface area contributed by atoms with Crippen LogP contribution in [0.1, 0.15) is 6.92 Å². The molecule has 1 fully saturated rings. The van der Waals surface area contributed by atoms with Gasteiger partial charge in [-0.05, 0) is 6.92 Å². The third-order valence-electron chi connectivity index (χ3n) is 1.16. The molecule has 1 atom stereocenters. The molecule has 4 N–H and O–H groups in total. The zero-order valence-corrected chi connectivity index (χ0v) is 5.22. The Morgan fingerprint density at radius 3 is 3.00 bits per heavy atom. The van der Waals surface area contributed by atoms with Crippen LogP contribution in [-0.4, -0.2) is 23.6 Å². The molecule has 0 bridgehead atoms. The minimum absolute atomic E-state index is 0.215. The lowest BCUT2D eigenvalue weighted by Crippen LogP contribution is -2.61. The quantitative estimate of drug-likeness (QED) is 0.284. The molecule has 0 unspecified atom stereocenters. The first-order chi connectivity index (χ1) is 4.20. The van der Waals surface area contributed by atoms with Crippen LogP contribution < -0.4 is 16.7 Å². The molecule has 0 aromatic rings. The summed E-state index contributed by atoms with van der Waals surface area (Å²) in [5.41, 5.74) is 5.13. The van der Waals surface area contributed by atoms with E-state index in [1.54, 1.807) is 0 Å². The van der Waals surface area contributed by atoms with Gasteiger partial charge in [-0.1, -0.05) is 0 Å². The van der Waals surface area contributed by atoms with Gasteiger partial charge in [0.1, 0.15) is 0 Å². The molecular weight excluding hydrogens is 120 g/mol. The number of hydrogen-bond acceptors (Lipinski definition) is 3. The van der Waals surface area contributed by atoms with Crippen molar-refractivity contribution < 1.29 is 4.79 Å². The van der Waals surface area contributed by atoms with Crippen LogP contribution in [0.3, 0.4) is 0 Å². The number of nitrogens with zero attached hydrogens (tertiary/aromatic N) is 1. The number of carbonyl (C=O) groups is 1. The number of amides is 2. The molecule has 1 saturated heterocycles. The maximum atomic E-state index is 10.6. The van der Waals surface area contributed by atoms with Crippen molar-refractivity contribution in [2.75, 3.05) is 6.54 Å². The highest BCUT2D eigenvalue weighted by atomic mass is 16.2. The molecule has 0 radical (unpaired) electrons. The fourth-order valence-corrected chi connectivity index (χ4v) is 0.680. The fraction of sp³-hybridized carbons (Fsp3) is 0.750. The second-order valence-electron chi connectivity index (χ2n) is 2.13. The van der Waals surface area contributed by atoms with E-state index in [4.69, 9.17) is 5.84 Å². The van der Waals surface area contributed by atoms with Crippen LogP contribution in [-0.2, 0) is 0 Å². The summed E-state index contributed by atoms with van der Waals surface area (Å²) in [5, 5.41) is 1.14. The number of hydrazine groups is 2. The highest BCUT2D eigenvalue weighted by Gasteiger charge is 2.17. The van der Waals surface area contributed by atoms with Crippen molar-refractivity contribution in [2.45, 2.75) is 13.0 Å². The van der Waals surface area contributed by atoms with Gasteiger partial charge in [-0.3, -0.25) is 10.4 Å². The molecule has 5 heteroatoms. The topological polar surface area (TPSA) is 70.4 Å². The maximum Gasteiger partial charge on any atom is 0.345 e. The van der Waals surface area contributed by atoms with E-state index in [1.807, 2.05) is 6.92 Å². The van der Waals surface area contributed by atoms with E-state index < -0.39 is 0 Å². The van der Waals surface area contributed by atoms with Crippen LogP contribution in [0, 0.1) is 0 Å². The molecule has 1 aliphatic heterocycles. The summed E-state index contributed by atoms with van der Waals surface area (Å²) in [4.78, 5) is 10.6. The molecule has 52 valence electrons. The summed E-state index contributed by atoms with van der Waals surface area (Å²) >= 11 is 0. The zero-order valence-electron chi connectivity index (χ0n) is 5.22. The summed E-state index contributed by atoms with van der Waals surface area (Å²) in [6.45, 7) is 2.48. The van der Waals surface area contributed by atoms with E-state index in [-0.39, 0.29) is 12.1 Å². The van der Waals surface area contributed by atoms with Gasteiger partial charge in [-0.15, -0.1) is 0 Å². The summed E-state index contributed by atoms with van der Waals surface area (Å²) in [7, 11) is 0. The van der Waals surface area contributed by atoms with Crippen LogP contribution >= 0.6 is 0 Å². The second kappa shape index (κ2) is 2.20.